The van der Waals surface area contributed by atoms with Crippen molar-refractivity contribution in [2.45, 2.75) is 32.5 Å². The number of carboxylic acids is 1. The topological polar surface area (TPSA) is 90.3 Å². The lowest BCUT2D eigenvalue weighted by molar-refractivity contribution is -0.142. The van der Waals surface area contributed by atoms with E-state index in [0.29, 0.717) is 19.6 Å². The second-order valence-corrected chi connectivity index (χ2v) is 6.67. The van der Waals surface area contributed by atoms with Gasteiger partial charge in [0, 0.05) is 13.1 Å². The number of aliphatic hydroxyl groups is 1. The minimum absolute atomic E-state index is 0.0471. The molecule has 2 fully saturated rings. The first-order valence-electron chi connectivity index (χ1n) is 7.29. The summed E-state index contributed by atoms with van der Waals surface area (Å²) in [7, 11) is 0. The standard InChI is InChI=1S/C14H24N2O5/c1-9-4-15(6-11(9)12(18)19)13(20)16-5-10(7-17)21-14(2,3)8-16/h9-11,17H,4-8H2,1-3H3,(H,18,19). The molecule has 0 bridgehead atoms. The number of amides is 2. The Bertz CT molecular complexity index is 426. The largest absolute Gasteiger partial charge is 0.481 e. The first kappa shape index (κ1) is 16.0. The molecule has 0 radical (unpaired) electrons. The van der Waals surface area contributed by atoms with Crippen molar-refractivity contribution in [2.75, 3.05) is 32.8 Å². The van der Waals surface area contributed by atoms with Crippen molar-refractivity contribution in [1.82, 2.24) is 9.80 Å². The van der Waals surface area contributed by atoms with Gasteiger partial charge in [-0.05, 0) is 19.8 Å². The Balaban J connectivity index is 2.04. The summed E-state index contributed by atoms with van der Waals surface area (Å²) in [4.78, 5) is 27.0. The van der Waals surface area contributed by atoms with Gasteiger partial charge in [0.25, 0.3) is 0 Å². The average molecular weight is 300 g/mol. The van der Waals surface area contributed by atoms with E-state index in [1.54, 1.807) is 9.80 Å². The third kappa shape index (κ3) is 3.47. The molecule has 2 heterocycles. The molecule has 0 aliphatic carbocycles. The smallest absolute Gasteiger partial charge is 0.320 e. The summed E-state index contributed by atoms with van der Waals surface area (Å²) in [6.07, 6.45) is -0.395. The van der Waals surface area contributed by atoms with Crippen LogP contribution >= 0.6 is 0 Å². The molecule has 7 nitrogen and oxygen atoms in total. The van der Waals surface area contributed by atoms with Gasteiger partial charge in [-0.15, -0.1) is 0 Å². The van der Waals surface area contributed by atoms with Crippen molar-refractivity contribution in [3.63, 3.8) is 0 Å². The fourth-order valence-corrected chi connectivity index (χ4v) is 3.18. The van der Waals surface area contributed by atoms with Crippen LogP contribution in [-0.4, -0.2) is 76.5 Å². The fraction of sp³-hybridized carbons (Fsp3) is 0.857. The Kier molecular flexibility index (Phi) is 4.43. The maximum absolute atomic E-state index is 12.6. The van der Waals surface area contributed by atoms with Crippen LogP contribution in [-0.2, 0) is 9.53 Å². The van der Waals surface area contributed by atoms with E-state index in [2.05, 4.69) is 0 Å². The molecule has 120 valence electrons. The molecule has 2 rings (SSSR count). The van der Waals surface area contributed by atoms with Crippen LogP contribution in [0.2, 0.25) is 0 Å². The van der Waals surface area contributed by atoms with E-state index in [4.69, 9.17) is 9.84 Å². The predicted octanol–water partition coefficient (Wildman–Crippen LogP) is 0.231. The second-order valence-electron chi connectivity index (χ2n) is 6.67. The Morgan fingerprint density at radius 1 is 1.24 bits per heavy atom. The molecule has 2 aliphatic heterocycles. The molecule has 0 aromatic rings. The number of likely N-dealkylation sites (tertiary alicyclic amines) is 1. The van der Waals surface area contributed by atoms with Gasteiger partial charge in [0.1, 0.15) is 0 Å². The highest BCUT2D eigenvalue weighted by molar-refractivity contribution is 5.78. The molecule has 2 saturated heterocycles. The summed E-state index contributed by atoms with van der Waals surface area (Å²) in [6, 6.07) is -0.166. The van der Waals surface area contributed by atoms with E-state index in [-0.39, 0.29) is 25.1 Å². The number of carboxylic acid groups (broad SMARTS) is 1. The molecule has 0 saturated carbocycles. The Labute approximate surface area is 124 Å². The second kappa shape index (κ2) is 5.81. The van der Waals surface area contributed by atoms with Crippen molar-refractivity contribution in [2.24, 2.45) is 11.8 Å². The molecule has 0 aromatic heterocycles. The molecule has 2 aliphatic rings. The van der Waals surface area contributed by atoms with Crippen LogP contribution in [0.4, 0.5) is 4.79 Å². The molecule has 2 amide bonds. The number of hydrogen-bond acceptors (Lipinski definition) is 4. The number of morpholine rings is 1. The zero-order valence-electron chi connectivity index (χ0n) is 12.8. The summed E-state index contributed by atoms with van der Waals surface area (Å²) in [5, 5.41) is 18.4. The molecule has 0 aromatic carbocycles. The summed E-state index contributed by atoms with van der Waals surface area (Å²) in [5.41, 5.74) is -0.515. The molecule has 7 heteroatoms. The predicted molar refractivity (Wildman–Crippen MR) is 74.9 cm³/mol. The van der Waals surface area contributed by atoms with E-state index in [1.807, 2.05) is 20.8 Å². The van der Waals surface area contributed by atoms with Crippen LogP contribution in [0.1, 0.15) is 20.8 Å². The molecular formula is C14H24N2O5. The normalized spacial score (nSPS) is 32.3. The van der Waals surface area contributed by atoms with Crippen LogP contribution in [0.3, 0.4) is 0 Å². The number of nitrogens with zero attached hydrogens (tertiary/aromatic N) is 2. The van der Waals surface area contributed by atoms with E-state index >= 15 is 0 Å². The number of rotatable bonds is 2. The molecule has 3 atom stereocenters. The lowest BCUT2D eigenvalue weighted by atomic mass is 9.99. The van der Waals surface area contributed by atoms with Gasteiger partial charge in [0.2, 0.25) is 0 Å². The van der Waals surface area contributed by atoms with Crippen molar-refractivity contribution in [3.8, 4) is 0 Å². The Hall–Kier alpha value is -1.34. The number of hydrogen-bond donors (Lipinski definition) is 2. The van der Waals surface area contributed by atoms with E-state index in [0.717, 1.165) is 0 Å². The number of ether oxygens (including phenoxy) is 1. The molecule has 2 N–H and O–H groups in total. The van der Waals surface area contributed by atoms with Crippen molar-refractivity contribution < 1.29 is 24.5 Å². The highest BCUT2D eigenvalue weighted by atomic mass is 16.5. The average Bonchev–Trinajstić information content (AvgIpc) is 2.78. The van der Waals surface area contributed by atoms with Crippen molar-refractivity contribution in [1.29, 1.82) is 0 Å². The van der Waals surface area contributed by atoms with Gasteiger partial charge < -0.3 is 24.7 Å². The van der Waals surface area contributed by atoms with Gasteiger partial charge in [0.15, 0.2) is 0 Å². The first-order chi connectivity index (χ1) is 9.73. The first-order valence-corrected chi connectivity index (χ1v) is 7.29. The number of aliphatic carboxylic acids is 1. The van der Waals surface area contributed by atoms with Crippen molar-refractivity contribution >= 4 is 12.0 Å². The lowest BCUT2D eigenvalue weighted by Crippen LogP contribution is -2.58. The molecule has 21 heavy (non-hydrogen) atoms. The number of carbonyl (C=O) groups is 2. The molecular weight excluding hydrogens is 276 g/mol. The quantitative estimate of drug-likeness (QED) is 0.762. The summed E-state index contributed by atoms with van der Waals surface area (Å²) in [5.74, 6) is -1.40. The van der Waals surface area contributed by atoms with Crippen LogP contribution in [0.15, 0.2) is 0 Å². The third-order valence-corrected chi connectivity index (χ3v) is 4.16. The van der Waals surface area contributed by atoms with Crippen LogP contribution in [0, 0.1) is 11.8 Å². The third-order valence-electron chi connectivity index (χ3n) is 4.16. The van der Waals surface area contributed by atoms with Crippen LogP contribution in [0.5, 0.6) is 0 Å². The highest BCUT2D eigenvalue weighted by Crippen LogP contribution is 2.27. The summed E-state index contributed by atoms with van der Waals surface area (Å²) >= 11 is 0. The Morgan fingerprint density at radius 3 is 2.43 bits per heavy atom. The summed E-state index contributed by atoms with van der Waals surface area (Å²) < 4.78 is 5.69. The minimum atomic E-state index is -0.853. The monoisotopic (exact) mass is 300 g/mol. The van der Waals surface area contributed by atoms with Gasteiger partial charge in [-0.3, -0.25) is 4.79 Å². The number of urea groups is 1. The van der Waals surface area contributed by atoms with Gasteiger partial charge in [0.05, 0.1) is 37.3 Å². The van der Waals surface area contributed by atoms with Gasteiger partial charge in [-0.1, -0.05) is 6.92 Å². The molecule has 3 unspecified atom stereocenters. The van der Waals surface area contributed by atoms with E-state index < -0.39 is 23.6 Å². The summed E-state index contributed by atoms with van der Waals surface area (Å²) in [6.45, 7) is 6.94. The zero-order chi connectivity index (χ0) is 15.8. The Morgan fingerprint density at radius 2 is 1.90 bits per heavy atom. The number of carbonyl (C=O) groups excluding carboxylic acids is 1. The van der Waals surface area contributed by atoms with Gasteiger partial charge >= 0.3 is 12.0 Å². The lowest BCUT2D eigenvalue weighted by Gasteiger charge is -2.43. The van der Waals surface area contributed by atoms with E-state index in [1.165, 1.54) is 0 Å². The maximum atomic E-state index is 12.6. The van der Waals surface area contributed by atoms with Crippen LogP contribution in [0.25, 0.3) is 0 Å². The van der Waals surface area contributed by atoms with Gasteiger partial charge in [-0.2, -0.15) is 0 Å². The number of aliphatic hydroxyl groups excluding tert-OH is 1. The van der Waals surface area contributed by atoms with Crippen molar-refractivity contribution in [3.05, 3.63) is 0 Å². The fourth-order valence-electron chi connectivity index (χ4n) is 3.18. The SMILES string of the molecule is CC1CN(C(=O)N2CC(CO)OC(C)(C)C2)CC1C(=O)O. The van der Waals surface area contributed by atoms with E-state index in [9.17, 15) is 14.7 Å². The highest BCUT2D eigenvalue weighted by Gasteiger charge is 2.41. The van der Waals surface area contributed by atoms with Crippen LogP contribution < -0.4 is 0 Å². The zero-order valence-corrected chi connectivity index (χ0v) is 12.8. The maximum Gasteiger partial charge on any atom is 0.320 e. The minimum Gasteiger partial charge on any atom is -0.481 e. The van der Waals surface area contributed by atoms with Gasteiger partial charge in [-0.25, -0.2) is 4.79 Å². The molecule has 0 spiro atoms.